The first kappa shape index (κ1) is 46.0. The van der Waals surface area contributed by atoms with Crippen LogP contribution in [0, 0.1) is 0 Å². The molecule has 0 radical (unpaired) electrons. The Bertz CT molecular complexity index is 4630. The molecule has 5 heterocycles. The first-order valence-electron chi connectivity index (χ1n) is 27.5. The molecule has 0 fully saturated rings. The topological polar surface area (TPSA) is 11.4 Å². The quantitative estimate of drug-likeness (QED) is 0.159. The lowest BCUT2D eigenvalue weighted by Gasteiger charge is -2.47. The summed E-state index contributed by atoms with van der Waals surface area (Å²) in [6.07, 6.45) is 0. The molecule has 3 aliphatic rings. The molecule has 78 heavy (non-hydrogen) atoms. The lowest BCUT2D eigenvalue weighted by Crippen LogP contribution is -2.57. The second kappa shape index (κ2) is 16.2. The maximum Gasteiger partial charge on any atom is 0.333 e. The van der Waals surface area contributed by atoms with E-state index in [-0.39, 0.29) is 23.1 Å². The second-order valence-electron chi connectivity index (χ2n) is 24.0. The largest absolute Gasteiger partial charge is 0.367 e. The van der Waals surface area contributed by atoms with Gasteiger partial charge in [0.1, 0.15) is 0 Å². The summed E-state index contributed by atoms with van der Waals surface area (Å²) in [6, 6.07) is 80.8. The molecule has 16 rings (SSSR count). The van der Waals surface area contributed by atoms with Gasteiger partial charge < -0.3 is 14.3 Å². The molecular formula is C72H56BN3S2. The molecule has 0 bridgehead atoms. The molecule has 10 aromatic carbocycles. The van der Waals surface area contributed by atoms with Gasteiger partial charge in [-0.2, -0.15) is 0 Å². The summed E-state index contributed by atoms with van der Waals surface area (Å²) in [6.45, 7) is 16.7. The molecule has 1 aliphatic carbocycles. The van der Waals surface area contributed by atoms with Crippen molar-refractivity contribution in [2.75, 3.05) is 9.80 Å². The Kier molecular flexibility index (Phi) is 9.55. The number of thiophene rings is 2. The van der Waals surface area contributed by atoms with E-state index in [4.69, 9.17) is 0 Å². The molecule has 2 aliphatic heterocycles. The van der Waals surface area contributed by atoms with Gasteiger partial charge in [0.15, 0.2) is 0 Å². The summed E-state index contributed by atoms with van der Waals surface area (Å²) in [7, 11) is 0. The number of hydrogen-bond acceptors (Lipinski definition) is 4. The van der Waals surface area contributed by atoms with Gasteiger partial charge in [-0.3, -0.25) is 0 Å². The van der Waals surface area contributed by atoms with Crippen molar-refractivity contribution in [3.8, 4) is 22.3 Å². The van der Waals surface area contributed by atoms with Crippen LogP contribution in [-0.4, -0.2) is 11.3 Å². The van der Waals surface area contributed by atoms with Crippen LogP contribution < -0.4 is 20.7 Å². The number of nitrogens with zero attached hydrogens (tertiary/aromatic N) is 3. The van der Waals surface area contributed by atoms with Crippen molar-refractivity contribution in [1.29, 1.82) is 0 Å². The average molecular weight is 1040 g/mol. The fourth-order valence-electron chi connectivity index (χ4n) is 14.2. The molecule has 0 N–H and O–H groups in total. The van der Waals surface area contributed by atoms with Crippen molar-refractivity contribution in [1.82, 2.24) is 4.48 Å². The van der Waals surface area contributed by atoms with Crippen LogP contribution >= 0.6 is 22.7 Å². The van der Waals surface area contributed by atoms with Gasteiger partial charge in [-0.05, 0) is 116 Å². The van der Waals surface area contributed by atoms with E-state index in [2.05, 4.69) is 275 Å². The van der Waals surface area contributed by atoms with Gasteiger partial charge in [0.2, 0.25) is 0 Å². The monoisotopic (exact) mass is 1040 g/mol. The van der Waals surface area contributed by atoms with E-state index in [1.165, 1.54) is 135 Å². The van der Waals surface area contributed by atoms with Crippen LogP contribution in [-0.2, 0) is 16.2 Å². The fraction of sp³-hybridized carbons (Fsp3) is 0.139. The summed E-state index contributed by atoms with van der Waals surface area (Å²) >= 11 is 3.91. The van der Waals surface area contributed by atoms with E-state index in [1.807, 2.05) is 22.7 Å². The summed E-state index contributed by atoms with van der Waals surface area (Å²) < 4.78 is 6.78. The number of fused-ring (bicyclic) bond motifs is 15. The number of hydrogen-bond donors (Lipinski definition) is 0. The lowest BCUT2D eigenvalue weighted by atomic mass is 9.44. The van der Waals surface area contributed by atoms with Crippen molar-refractivity contribution in [3.05, 3.63) is 240 Å². The Hall–Kier alpha value is -8.16. The Morgan fingerprint density at radius 2 is 1.06 bits per heavy atom. The second-order valence-corrected chi connectivity index (χ2v) is 26.1. The zero-order valence-corrected chi connectivity index (χ0v) is 46.6. The lowest BCUT2D eigenvalue weighted by molar-refractivity contribution is 0.521. The van der Waals surface area contributed by atoms with Gasteiger partial charge >= 0.3 is 6.85 Å². The van der Waals surface area contributed by atoms with Crippen LogP contribution in [0.4, 0.5) is 34.1 Å². The van der Waals surface area contributed by atoms with Gasteiger partial charge in [0.25, 0.3) is 0 Å². The Labute approximate surface area is 464 Å². The highest BCUT2D eigenvalue weighted by atomic mass is 32.1. The fourth-order valence-corrected chi connectivity index (χ4v) is 16.7. The number of aromatic nitrogens is 1. The molecule has 0 amide bonds. The normalized spacial score (nSPS) is 14.8. The Morgan fingerprint density at radius 1 is 0.474 bits per heavy atom. The standard InChI is InChI=1S/C72H56BN3S2/c1-70(2,3)44-35-37-57(50(39-44)43-23-11-8-12-24-43)75-59-42-55-54(71(4,5)52-31-19-20-32-53(52)72(55,6)7)41-56(59)73-66-60(75)40-51-47-29-17-21-33-61(47)77-68(51)64(66)49-36-38-58(74(45-25-13-9-14-26-45)46-27-15-10-16-28-46)65-63-48-30-18-22-34-62(48)78-69(63)76(73)67(49)65/h8-42H,1-7H3. The molecule has 6 heteroatoms. The van der Waals surface area contributed by atoms with Crippen LogP contribution in [0.3, 0.4) is 0 Å². The van der Waals surface area contributed by atoms with Crippen LogP contribution in [0.1, 0.15) is 76.3 Å². The van der Waals surface area contributed by atoms with Crippen molar-refractivity contribution >= 4 is 126 Å². The predicted molar refractivity (Wildman–Crippen MR) is 338 cm³/mol. The number of benzene rings is 10. The van der Waals surface area contributed by atoms with Gasteiger partial charge in [0.05, 0.1) is 16.2 Å². The maximum atomic E-state index is 2.83. The number of rotatable bonds is 5. The molecule has 0 spiro atoms. The van der Waals surface area contributed by atoms with Crippen molar-refractivity contribution < 1.29 is 0 Å². The number of anilines is 6. The highest BCUT2D eigenvalue weighted by molar-refractivity contribution is 7.27. The Morgan fingerprint density at radius 3 is 1.73 bits per heavy atom. The van der Waals surface area contributed by atoms with E-state index in [0.717, 1.165) is 11.4 Å². The van der Waals surface area contributed by atoms with E-state index in [0.29, 0.717) is 0 Å². The third-order valence-electron chi connectivity index (χ3n) is 18.0. The molecular weight excluding hydrogens is 982 g/mol. The zero-order valence-electron chi connectivity index (χ0n) is 44.9. The molecule has 0 saturated heterocycles. The first-order valence-corrected chi connectivity index (χ1v) is 29.2. The molecule has 13 aromatic rings. The summed E-state index contributed by atoms with van der Waals surface area (Å²) in [5, 5.41) is 6.52. The Balaban J connectivity index is 1.12. The smallest absolute Gasteiger partial charge is 0.333 e. The third kappa shape index (κ3) is 6.22. The molecule has 0 atom stereocenters. The summed E-state index contributed by atoms with van der Waals surface area (Å²) in [4.78, 5) is 6.52. The van der Waals surface area contributed by atoms with Crippen LogP contribution in [0.2, 0.25) is 0 Å². The minimum Gasteiger partial charge on any atom is -0.367 e. The molecule has 374 valence electrons. The summed E-state index contributed by atoms with van der Waals surface area (Å²) in [5.41, 5.74) is 22.5. The molecule has 0 unspecified atom stereocenters. The zero-order chi connectivity index (χ0) is 52.6. The minimum atomic E-state index is -0.273. The van der Waals surface area contributed by atoms with Crippen molar-refractivity contribution in [3.63, 3.8) is 0 Å². The van der Waals surface area contributed by atoms with Crippen LogP contribution in [0.15, 0.2) is 212 Å². The van der Waals surface area contributed by atoms with Crippen molar-refractivity contribution in [2.24, 2.45) is 0 Å². The van der Waals surface area contributed by atoms with Crippen LogP contribution in [0.5, 0.6) is 0 Å². The van der Waals surface area contributed by atoms with Gasteiger partial charge in [-0.1, -0.05) is 194 Å². The van der Waals surface area contributed by atoms with Gasteiger partial charge in [0, 0.05) is 96.8 Å². The maximum absolute atomic E-state index is 2.83. The van der Waals surface area contributed by atoms with Gasteiger partial charge in [-0.25, -0.2) is 0 Å². The van der Waals surface area contributed by atoms with E-state index < -0.39 is 0 Å². The van der Waals surface area contributed by atoms with E-state index >= 15 is 0 Å². The number of para-hydroxylation sites is 2. The van der Waals surface area contributed by atoms with E-state index in [9.17, 15) is 0 Å². The summed E-state index contributed by atoms with van der Waals surface area (Å²) in [5.74, 6) is 0. The highest BCUT2D eigenvalue weighted by Crippen LogP contribution is 2.58. The molecule has 0 saturated carbocycles. The minimum absolute atomic E-state index is 0.0583. The predicted octanol–water partition coefficient (Wildman–Crippen LogP) is 19.2. The van der Waals surface area contributed by atoms with Gasteiger partial charge in [-0.15, -0.1) is 22.7 Å². The highest BCUT2D eigenvalue weighted by Gasteiger charge is 2.49. The first-order chi connectivity index (χ1) is 37.9. The van der Waals surface area contributed by atoms with E-state index in [1.54, 1.807) is 0 Å². The average Bonchev–Trinajstić information content (AvgIpc) is 3.32. The molecule has 3 nitrogen and oxygen atoms in total. The third-order valence-corrected chi connectivity index (χ3v) is 20.3. The molecule has 3 aromatic heterocycles. The SMILES string of the molecule is CC(C)(C)c1ccc(N2c3cc4c(cc3B3c5c2cc2c(sc6ccccc62)c5-c2ccc(N(c5ccccc5)c5ccccc5)c5c6c7ccccc7sc6n3c25)C(C)(C)c2ccccc2C4(C)C)c(-c2ccccc2)c1. The van der Waals surface area contributed by atoms with Crippen molar-refractivity contribution in [2.45, 2.75) is 64.7 Å². The van der Waals surface area contributed by atoms with Crippen LogP contribution in [0.25, 0.3) is 73.6 Å².